The zero-order valence-electron chi connectivity index (χ0n) is 14.5. The van der Waals surface area contributed by atoms with E-state index in [1.165, 1.54) is 10.9 Å². The van der Waals surface area contributed by atoms with Crippen LogP contribution in [-0.2, 0) is 6.54 Å². The molecule has 2 heterocycles. The number of aromatic amines is 1. The molecule has 27 heavy (non-hydrogen) atoms. The fraction of sp³-hybridized carbons (Fsp3) is 0.0455. The predicted molar refractivity (Wildman–Crippen MR) is 112 cm³/mol. The van der Waals surface area contributed by atoms with Crippen LogP contribution >= 0.6 is 15.9 Å². The molecule has 0 fully saturated rings. The standard InChI is InChI=1S/C22H17BrN4/c23-16-8-10-17(11-9-16)27-21-7-2-1-6-20(21)26(22(27)24)14-15-4-3-5-19-18(15)12-13-25-19/h1-13,24-25H,14H2. The molecule has 0 aliphatic heterocycles. The lowest BCUT2D eigenvalue weighted by Gasteiger charge is -2.07. The molecule has 0 saturated heterocycles. The van der Waals surface area contributed by atoms with Crippen molar-refractivity contribution in [3.63, 3.8) is 0 Å². The monoisotopic (exact) mass is 416 g/mol. The fourth-order valence-corrected chi connectivity index (χ4v) is 3.97. The van der Waals surface area contributed by atoms with Crippen molar-refractivity contribution >= 4 is 37.9 Å². The summed E-state index contributed by atoms with van der Waals surface area (Å²) in [5, 5.41) is 10.1. The van der Waals surface area contributed by atoms with Crippen LogP contribution < -0.4 is 5.62 Å². The molecule has 0 radical (unpaired) electrons. The van der Waals surface area contributed by atoms with Crippen molar-refractivity contribution in [1.82, 2.24) is 14.1 Å². The normalized spacial score (nSPS) is 11.4. The Bertz CT molecular complexity index is 1320. The summed E-state index contributed by atoms with van der Waals surface area (Å²) in [6.45, 7) is 0.651. The molecule has 2 N–H and O–H groups in total. The maximum atomic E-state index is 8.89. The molecule has 0 atom stereocenters. The van der Waals surface area contributed by atoms with Crippen LogP contribution in [0.15, 0.2) is 83.5 Å². The van der Waals surface area contributed by atoms with Crippen LogP contribution in [-0.4, -0.2) is 14.1 Å². The molecule has 0 bridgehead atoms. The van der Waals surface area contributed by atoms with Gasteiger partial charge in [0.15, 0.2) is 0 Å². The number of halogens is 1. The highest BCUT2D eigenvalue weighted by atomic mass is 79.9. The van der Waals surface area contributed by atoms with Gasteiger partial charge >= 0.3 is 0 Å². The molecule has 132 valence electrons. The average molecular weight is 417 g/mol. The Morgan fingerprint density at radius 3 is 2.44 bits per heavy atom. The van der Waals surface area contributed by atoms with Gasteiger partial charge in [-0.25, -0.2) is 0 Å². The molecule has 0 saturated carbocycles. The molecule has 2 aromatic heterocycles. The van der Waals surface area contributed by atoms with E-state index in [4.69, 9.17) is 5.41 Å². The molecule has 5 rings (SSSR count). The third-order valence-electron chi connectivity index (χ3n) is 4.98. The summed E-state index contributed by atoms with van der Waals surface area (Å²) in [7, 11) is 0. The molecule has 3 aromatic carbocycles. The molecule has 5 heteroatoms. The Morgan fingerprint density at radius 2 is 1.63 bits per heavy atom. The van der Waals surface area contributed by atoms with Gasteiger partial charge < -0.3 is 9.55 Å². The van der Waals surface area contributed by atoms with Crippen LogP contribution in [0.25, 0.3) is 27.6 Å². The van der Waals surface area contributed by atoms with Crippen LogP contribution in [0.2, 0.25) is 0 Å². The number of H-pyrrole nitrogens is 1. The summed E-state index contributed by atoms with van der Waals surface area (Å²) in [4.78, 5) is 3.27. The van der Waals surface area contributed by atoms with Crippen molar-refractivity contribution in [2.75, 3.05) is 0 Å². The number of imidazole rings is 1. The molecule has 0 aliphatic rings. The largest absolute Gasteiger partial charge is 0.361 e. The second-order valence-corrected chi connectivity index (χ2v) is 7.48. The highest BCUT2D eigenvalue weighted by Gasteiger charge is 2.13. The number of hydrogen-bond acceptors (Lipinski definition) is 1. The zero-order valence-corrected chi connectivity index (χ0v) is 16.1. The smallest absolute Gasteiger partial charge is 0.208 e. The molecule has 0 aliphatic carbocycles. The third kappa shape index (κ3) is 2.62. The zero-order chi connectivity index (χ0) is 18.4. The van der Waals surface area contributed by atoms with E-state index in [-0.39, 0.29) is 0 Å². The van der Waals surface area contributed by atoms with Gasteiger partial charge in [0.1, 0.15) is 0 Å². The Morgan fingerprint density at radius 1 is 0.852 bits per heavy atom. The van der Waals surface area contributed by atoms with E-state index in [1.54, 1.807) is 0 Å². The van der Waals surface area contributed by atoms with Gasteiger partial charge in [0.25, 0.3) is 0 Å². The number of nitrogens with one attached hydrogen (secondary N) is 2. The highest BCUT2D eigenvalue weighted by molar-refractivity contribution is 9.10. The second kappa shape index (κ2) is 6.28. The number of fused-ring (bicyclic) bond motifs is 2. The lowest BCUT2D eigenvalue weighted by atomic mass is 10.1. The summed E-state index contributed by atoms with van der Waals surface area (Å²) in [5.41, 5.74) is 5.86. The van der Waals surface area contributed by atoms with E-state index in [9.17, 15) is 0 Å². The Balaban J connectivity index is 1.74. The maximum absolute atomic E-state index is 8.89. The van der Waals surface area contributed by atoms with Crippen molar-refractivity contribution in [2.45, 2.75) is 6.54 Å². The minimum absolute atomic E-state index is 0.464. The Kier molecular flexibility index (Phi) is 3.76. The molecule has 0 spiro atoms. The predicted octanol–water partition coefficient (Wildman–Crippen LogP) is 5.20. The second-order valence-electron chi connectivity index (χ2n) is 6.57. The van der Waals surface area contributed by atoms with E-state index in [0.29, 0.717) is 12.2 Å². The van der Waals surface area contributed by atoms with Gasteiger partial charge in [0.05, 0.1) is 17.6 Å². The fourth-order valence-electron chi connectivity index (χ4n) is 3.70. The van der Waals surface area contributed by atoms with Gasteiger partial charge in [-0.05, 0) is 54.1 Å². The number of para-hydroxylation sites is 2. The third-order valence-corrected chi connectivity index (χ3v) is 5.51. The first-order valence-corrected chi connectivity index (χ1v) is 9.57. The van der Waals surface area contributed by atoms with Gasteiger partial charge in [-0.1, -0.05) is 40.2 Å². The summed E-state index contributed by atoms with van der Waals surface area (Å²) in [5.74, 6) is 0. The first kappa shape index (κ1) is 16.1. The summed E-state index contributed by atoms with van der Waals surface area (Å²) >= 11 is 3.49. The van der Waals surface area contributed by atoms with E-state index >= 15 is 0 Å². The summed E-state index contributed by atoms with van der Waals surface area (Å²) < 4.78 is 5.10. The number of hydrogen-bond donors (Lipinski definition) is 2. The Hall–Kier alpha value is -3.05. The maximum Gasteiger partial charge on any atom is 0.208 e. The minimum atomic E-state index is 0.464. The molecular weight excluding hydrogens is 400 g/mol. The SMILES string of the molecule is N=c1n(Cc2cccc3[nH]ccc23)c2ccccc2n1-c1ccc(Br)cc1. The number of rotatable bonds is 3. The molecule has 0 unspecified atom stereocenters. The quantitative estimate of drug-likeness (QED) is 0.405. The van der Waals surface area contributed by atoms with E-state index in [2.05, 4.69) is 61.9 Å². The lowest BCUT2D eigenvalue weighted by Crippen LogP contribution is -2.24. The van der Waals surface area contributed by atoms with Gasteiger partial charge in [0.2, 0.25) is 5.62 Å². The molecule has 0 amide bonds. The van der Waals surface area contributed by atoms with Crippen molar-refractivity contribution in [3.8, 4) is 5.69 Å². The van der Waals surface area contributed by atoms with E-state index in [0.717, 1.165) is 26.7 Å². The number of benzene rings is 3. The topological polar surface area (TPSA) is 49.5 Å². The van der Waals surface area contributed by atoms with Gasteiger partial charge in [-0.2, -0.15) is 0 Å². The van der Waals surface area contributed by atoms with Gasteiger partial charge in [-0.15, -0.1) is 0 Å². The van der Waals surface area contributed by atoms with Crippen molar-refractivity contribution in [1.29, 1.82) is 5.41 Å². The highest BCUT2D eigenvalue weighted by Crippen LogP contribution is 2.22. The van der Waals surface area contributed by atoms with E-state index in [1.807, 2.05) is 47.2 Å². The summed E-state index contributed by atoms with van der Waals surface area (Å²) in [6, 6.07) is 24.7. The first-order valence-electron chi connectivity index (χ1n) is 8.78. The summed E-state index contributed by atoms with van der Waals surface area (Å²) in [6.07, 6.45) is 1.96. The molecular formula is C22H17BrN4. The Labute approximate surface area is 164 Å². The first-order chi connectivity index (χ1) is 13.2. The number of nitrogens with zero attached hydrogens (tertiary/aromatic N) is 2. The average Bonchev–Trinajstić information content (AvgIpc) is 3.27. The molecule has 4 nitrogen and oxygen atoms in total. The van der Waals surface area contributed by atoms with Crippen molar-refractivity contribution in [2.24, 2.45) is 0 Å². The minimum Gasteiger partial charge on any atom is -0.361 e. The number of aromatic nitrogens is 3. The lowest BCUT2D eigenvalue weighted by molar-refractivity contribution is 0.727. The van der Waals surface area contributed by atoms with Gasteiger partial charge in [0, 0.05) is 27.3 Å². The van der Waals surface area contributed by atoms with Gasteiger partial charge in [-0.3, -0.25) is 9.98 Å². The van der Waals surface area contributed by atoms with Crippen LogP contribution in [0, 0.1) is 5.41 Å². The van der Waals surface area contributed by atoms with Crippen LogP contribution in [0.1, 0.15) is 5.56 Å². The van der Waals surface area contributed by atoms with Crippen LogP contribution in [0.4, 0.5) is 0 Å². The van der Waals surface area contributed by atoms with Crippen LogP contribution in [0.3, 0.4) is 0 Å². The van der Waals surface area contributed by atoms with Crippen LogP contribution in [0.5, 0.6) is 0 Å². The van der Waals surface area contributed by atoms with Crippen molar-refractivity contribution in [3.05, 3.63) is 94.6 Å². The van der Waals surface area contributed by atoms with Crippen molar-refractivity contribution < 1.29 is 0 Å². The molecule has 5 aromatic rings. The van der Waals surface area contributed by atoms with E-state index < -0.39 is 0 Å².